The lowest BCUT2D eigenvalue weighted by Gasteiger charge is -2.45. The maximum atomic E-state index is 14.6. The van der Waals surface area contributed by atoms with Crippen LogP contribution in [-0.4, -0.2) is 65.4 Å². The standard InChI is InChI=1S/C35H38Cl2FN5O3S/c1-22-40-29-7-2-3-8-30(29)43(22)27-20-25-9-10-26(21-27)42(25)18-15-35(23-5-4-6-24(38)19-23)13-16-41(17-14-35)34(44)32-28(36)11-12-31(33(32)37)47(39,45)46/h2-8,11-12,19,25-27H,9-10,13-18,20-21H2,1H3,(H2,39,45,46)/t25-,26+,27+. The Morgan fingerprint density at radius 3 is 2.38 bits per heavy atom. The van der Waals surface area contributed by atoms with Gasteiger partial charge in [0.2, 0.25) is 10.0 Å². The van der Waals surface area contributed by atoms with Crippen LogP contribution in [0.5, 0.6) is 0 Å². The number of sulfonamides is 1. The number of nitrogens with two attached hydrogens (primary N) is 1. The molecule has 0 saturated carbocycles. The largest absolute Gasteiger partial charge is 0.338 e. The molecule has 0 aliphatic carbocycles. The number of primary sulfonamides is 1. The molecule has 7 rings (SSSR count). The van der Waals surface area contributed by atoms with Crippen molar-refractivity contribution in [3.05, 3.63) is 93.5 Å². The molecule has 2 N–H and O–H groups in total. The summed E-state index contributed by atoms with van der Waals surface area (Å²) < 4.78 is 41.2. The number of carbonyl (C=O) groups excluding carboxylic acids is 1. The number of likely N-dealkylation sites (tertiary alicyclic amines) is 1. The van der Waals surface area contributed by atoms with Gasteiger partial charge >= 0.3 is 0 Å². The summed E-state index contributed by atoms with van der Waals surface area (Å²) in [5.74, 6) is 0.345. The highest BCUT2D eigenvalue weighted by Gasteiger charge is 2.44. The number of fused-ring (bicyclic) bond motifs is 3. The van der Waals surface area contributed by atoms with Gasteiger partial charge in [-0.15, -0.1) is 0 Å². The maximum Gasteiger partial charge on any atom is 0.256 e. The zero-order valence-electron chi connectivity index (χ0n) is 26.2. The first kappa shape index (κ1) is 32.5. The Hall–Kier alpha value is -3.02. The summed E-state index contributed by atoms with van der Waals surface area (Å²) in [7, 11) is -4.15. The van der Waals surface area contributed by atoms with Crippen LogP contribution in [-0.2, 0) is 15.4 Å². The minimum absolute atomic E-state index is 0.0622. The SMILES string of the molecule is Cc1nc2ccccc2n1[C@H]1C[C@H]2CC[C@@H](C1)N2CCC1(c2cccc(F)c2)CCN(C(=O)c2c(Cl)ccc(S(N)(=O)=O)c2Cl)CC1. The van der Waals surface area contributed by atoms with Gasteiger partial charge in [0.25, 0.3) is 5.91 Å². The number of rotatable bonds is 7. The van der Waals surface area contributed by atoms with Crippen LogP contribution in [0.15, 0.2) is 65.6 Å². The Morgan fingerprint density at radius 1 is 1.00 bits per heavy atom. The quantitative estimate of drug-likeness (QED) is 0.227. The molecule has 12 heteroatoms. The second-order valence-electron chi connectivity index (χ2n) is 13.4. The minimum Gasteiger partial charge on any atom is -0.338 e. The Balaban J connectivity index is 1.09. The van der Waals surface area contributed by atoms with E-state index in [-0.39, 0.29) is 31.7 Å². The number of piperidine rings is 2. The normalized spacial score (nSPS) is 23.0. The van der Waals surface area contributed by atoms with E-state index in [0.717, 1.165) is 42.7 Å². The van der Waals surface area contributed by atoms with Gasteiger partial charge in [-0.3, -0.25) is 9.69 Å². The van der Waals surface area contributed by atoms with Gasteiger partial charge in [0.05, 0.1) is 26.6 Å². The summed E-state index contributed by atoms with van der Waals surface area (Å²) >= 11 is 12.8. The third-order valence-electron chi connectivity index (χ3n) is 10.9. The van der Waals surface area contributed by atoms with Crippen LogP contribution in [0.1, 0.15) is 72.7 Å². The average molecular weight is 699 g/mol. The number of nitrogens with zero attached hydrogens (tertiary/aromatic N) is 4. The van der Waals surface area contributed by atoms with Crippen LogP contribution in [0.25, 0.3) is 11.0 Å². The van der Waals surface area contributed by atoms with Crippen molar-refractivity contribution in [2.45, 2.75) is 80.3 Å². The van der Waals surface area contributed by atoms with Gasteiger partial charge in [0.1, 0.15) is 16.5 Å². The monoisotopic (exact) mass is 697 g/mol. The van der Waals surface area contributed by atoms with Crippen LogP contribution >= 0.6 is 23.2 Å². The molecule has 248 valence electrons. The van der Waals surface area contributed by atoms with E-state index in [0.29, 0.717) is 44.1 Å². The fraction of sp³-hybridized carbons (Fsp3) is 0.429. The van der Waals surface area contributed by atoms with Crippen molar-refractivity contribution in [1.29, 1.82) is 0 Å². The lowest BCUT2D eigenvalue weighted by molar-refractivity contribution is 0.0606. The molecule has 3 fully saturated rings. The number of aryl methyl sites for hydroxylation is 1. The fourth-order valence-electron chi connectivity index (χ4n) is 8.54. The molecule has 4 heterocycles. The van der Waals surface area contributed by atoms with E-state index in [4.69, 9.17) is 33.3 Å². The van der Waals surface area contributed by atoms with Crippen molar-refractivity contribution in [3.8, 4) is 0 Å². The van der Waals surface area contributed by atoms with E-state index in [9.17, 15) is 17.6 Å². The Morgan fingerprint density at radius 2 is 1.70 bits per heavy atom. The van der Waals surface area contributed by atoms with E-state index in [1.165, 1.54) is 36.6 Å². The van der Waals surface area contributed by atoms with E-state index in [1.807, 2.05) is 12.1 Å². The number of benzene rings is 3. The summed E-state index contributed by atoms with van der Waals surface area (Å²) in [4.78, 5) is 22.5. The first-order valence-electron chi connectivity index (χ1n) is 16.2. The van der Waals surface area contributed by atoms with Crippen molar-refractivity contribution < 1.29 is 17.6 Å². The van der Waals surface area contributed by atoms with E-state index < -0.39 is 15.9 Å². The van der Waals surface area contributed by atoms with Gasteiger partial charge in [0.15, 0.2) is 0 Å². The molecule has 3 aromatic carbocycles. The van der Waals surface area contributed by atoms with Crippen molar-refractivity contribution in [3.63, 3.8) is 0 Å². The molecular formula is C35H38Cl2FN5O3S. The topological polar surface area (TPSA) is 102 Å². The Kier molecular flexibility index (Phi) is 8.62. The fourth-order valence-corrected chi connectivity index (χ4v) is 10.0. The van der Waals surface area contributed by atoms with Crippen molar-refractivity contribution in [2.24, 2.45) is 5.14 Å². The first-order chi connectivity index (χ1) is 22.4. The van der Waals surface area contributed by atoms with Gasteiger partial charge < -0.3 is 9.47 Å². The van der Waals surface area contributed by atoms with Crippen molar-refractivity contribution in [2.75, 3.05) is 19.6 Å². The minimum atomic E-state index is -4.15. The number of amides is 1. The lowest BCUT2D eigenvalue weighted by atomic mass is 9.70. The molecule has 3 aliphatic rings. The second-order valence-corrected chi connectivity index (χ2v) is 15.7. The highest BCUT2D eigenvalue weighted by molar-refractivity contribution is 7.89. The van der Waals surface area contributed by atoms with E-state index in [2.05, 4.69) is 34.6 Å². The first-order valence-corrected chi connectivity index (χ1v) is 18.5. The summed E-state index contributed by atoms with van der Waals surface area (Å²) in [5.41, 5.74) is 2.79. The number of carbonyl (C=O) groups is 1. The maximum absolute atomic E-state index is 14.6. The van der Waals surface area contributed by atoms with Crippen LogP contribution < -0.4 is 5.14 Å². The van der Waals surface area contributed by atoms with E-state index in [1.54, 1.807) is 17.0 Å². The van der Waals surface area contributed by atoms with Gasteiger partial charge in [-0.1, -0.05) is 47.5 Å². The molecular weight excluding hydrogens is 660 g/mol. The Bertz CT molecular complexity index is 1950. The molecule has 1 aromatic heterocycles. The predicted molar refractivity (Wildman–Crippen MR) is 182 cm³/mol. The average Bonchev–Trinajstić information content (AvgIpc) is 3.49. The highest BCUT2D eigenvalue weighted by Crippen LogP contribution is 2.45. The zero-order chi connectivity index (χ0) is 33.1. The molecule has 3 atom stereocenters. The predicted octanol–water partition coefficient (Wildman–Crippen LogP) is 6.87. The molecule has 47 heavy (non-hydrogen) atoms. The zero-order valence-corrected chi connectivity index (χ0v) is 28.5. The van der Waals surface area contributed by atoms with Crippen LogP contribution in [0.4, 0.5) is 4.39 Å². The number of hydrogen-bond acceptors (Lipinski definition) is 5. The smallest absolute Gasteiger partial charge is 0.256 e. The molecule has 2 bridgehead atoms. The number of imidazole rings is 1. The summed E-state index contributed by atoms with van der Waals surface area (Å²) in [6.45, 7) is 3.78. The molecule has 0 unspecified atom stereocenters. The highest BCUT2D eigenvalue weighted by atomic mass is 35.5. The molecule has 8 nitrogen and oxygen atoms in total. The van der Waals surface area contributed by atoms with Gasteiger partial charge in [-0.05, 0) is 106 Å². The van der Waals surface area contributed by atoms with Crippen molar-refractivity contribution in [1.82, 2.24) is 19.4 Å². The molecule has 1 amide bonds. The molecule has 3 aliphatic heterocycles. The molecule has 3 saturated heterocycles. The van der Waals surface area contributed by atoms with E-state index >= 15 is 0 Å². The van der Waals surface area contributed by atoms with Gasteiger partial charge in [0, 0.05) is 31.2 Å². The molecule has 4 aromatic rings. The van der Waals surface area contributed by atoms with Gasteiger partial charge in [-0.2, -0.15) is 0 Å². The summed E-state index contributed by atoms with van der Waals surface area (Å²) in [5, 5.41) is 5.12. The van der Waals surface area contributed by atoms with Crippen molar-refractivity contribution >= 4 is 50.2 Å². The van der Waals surface area contributed by atoms with Crippen LogP contribution in [0.2, 0.25) is 10.0 Å². The number of para-hydroxylation sites is 2. The third kappa shape index (κ3) is 5.97. The summed E-state index contributed by atoms with van der Waals surface area (Å²) in [6.07, 6.45) is 6.57. The second kappa shape index (κ2) is 12.5. The Labute approximate surface area is 284 Å². The molecule has 0 spiro atoms. The third-order valence-corrected chi connectivity index (χ3v) is 12.6. The number of aromatic nitrogens is 2. The number of halogens is 3. The van der Waals surface area contributed by atoms with Crippen LogP contribution in [0, 0.1) is 12.7 Å². The molecule has 0 radical (unpaired) electrons. The lowest BCUT2D eigenvalue weighted by Crippen LogP contribution is -2.49. The van der Waals surface area contributed by atoms with Gasteiger partial charge in [-0.25, -0.2) is 22.9 Å². The number of hydrogen-bond donors (Lipinski definition) is 1. The van der Waals surface area contributed by atoms with Crippen LogP contribution in [0.3, 0.4) is 0 Å². The summed E-state index contributed by atoms with van der Waals surface area (Å²) in [6, 6.07) is 19.1.